The van der Waals surface area contributed by atoms with Gasteiger partial charge in [-0.3, -0.25) is 9.59 Å². The largest absolute Gasteiger partial charge is 0.497 e. The Morgan fingerprint density at radius 1 is 1.12 bits per heavy atom. The minimum Gasteiger partial charge on any atom is -0.497 e. The van der Waals surface area contributed by atoms with Crippen molar-refractivity contribution in [1.82, 2.24) is 4.57 Å². The molecule has 0 unspecified atom stereocenters. The molecular formula is C20H22N2O4. The molecule has 2 aromatic rings. The molecular weight excluding hydrogens is 332 g/mol. The molecule has 1 aromatic carbocycles. The van der Waals surface area contributed by atoms with Crippen LogP contribution in [0.15, 0.2) is 41.3 Å². The first kappa shape index (κ1) is 16.8. The summed E-state index contributed by atoms with van der Waals surface area (Å²) in [5.74, 6) is 0.862. The highest BCUT2D eigenvalue weighted by Gasteiger charge is 2.34. The molecule has 0 bridgehead atoms. The van der Waals surface area contributed by atoms with Crippen LogP contribution in [0.1, 0.15) is 29.5 Å². The number of benzene rings is 1. The van der Waals surface area contributed by atoms with Crippen LogP contribution in [0.2, 0.25) is 0 Å². The molecule has 2 aliphatic heterocycles. The summed E-state index contributed by atoms with van der Waals surface area (Å²) in [6.07, 6.45) is 2.21. The maximum atomic E-state index is 13.0. The molecule has 0 spiro atoms. The Kier molecular flexibility index (Phi) is 4.28. The number of carbonyl (C=O) groups is 1. The van der Waals surface area contributed by atoms with Gasteiger partial charge in [-0.2, -0.15) is 0 Å². The van der Waals surface area contributed by atoms with Crippen molar-refractivity contribution < 1.29 is 14.3 Å². The van der Waals surface area contributed by atoms with Crippen LogP contribution in [-0.2, 0) is 9.53 Å². The van der Waals surface area contributed by atoms with E-state index in [4.69, 9.17) is 9.47 Å². The molecule has 2 saturated heterocycles. The zero-order chi connectivity index (χ0) is 18.3. The number of ether oxygens (including phenoxy) is 2. The normalized spacial score (nSPS) is 20.3. The molecule has 1 amide bonds. The number of rotatable bonds is 4. The average molecular weight is 354 g/mol. The molecule has 0 radical (unpaired) electrons. The Morgan fingerprint density at radius 3 is 2.46 bits per heavy atom. The van der Waals surface area contributed by atoms with Crippen LogP contribution in [0.25, 0.3) is 0 Å². The topological polar surface area (TPSA) is 60.8 Å². The second-order valence-corrected chi connectivity index (χ2v) is 6.93. The van der Waals surface area contributed by atoms with Crippen LogP contribution in [0, 0.1) is 6.92 Å². The van der Waals surface area contributed by atoms with Gasteiger partial charge >= 0.3 is 0 Å². The molecule has 0 N–H and O–H groups in total. The lowest BCUT2D eigenvalue weighted by molar-refractivity contribution is -0.117. The number of hydrogen-bond donors (Lipinski definition) is 0. The lowest BCUT2D eigenvalue weighted by atomic mass is 9.98. The van der Waals surface area contributed by atoms with E-state index in [2.05, 4.69) is 0 Å². The van der Waals surface area contributed by atoms with Crippen molar-refractivity contribution in [3.05, 3.63) is 58.0 Å². The summed E-state index contributed by atoms with van der Waals surface area (Å²) in [5, 5.41) is 0. The highest BCUT2D eigenvalue weighted by atomic mass is 16.5. The number of amides is 1. The standard InChI is InChI=1S/C20H22N2O4/c1-13-7-8-21(16-11-26-12-16)20(24)19(13)22-10-15(9-18(22)23)14-3-5-17(25-2)6-4-14/h3-8,15-16H,9-12H2,1-2H3/t15-/m0/s1. The molecule has 4 rings (SSSR count). The predicted molar refractivity (Wildman–Crippen MR) is 98.0 cm³/mol. The van der Waals surface area contributed by atoms with Gasteiger partial charge in [-0.05, 0) is 36.2 Å². The van der Waals surface area contributed by atoms with E-state index in [1.54, 1.807) is 22.8 Å². The van der Waals surface area contributed by atoms with Gasteiger partial charge in [-0.15, -0.1) is 0 Å². The highest BCUT2D eigenvalue weighted by Crippen LogP contribution is 2.32. The van der Waals surface area contributed by atoms with Crippen molar-refractivity contribution in [2.75, 3.05) is 31.8 Å². The summed E-state index contributed by atoms with van der Waals surface area (Å²) in [4.78, 5) is 27.3. The van der Waals surface area contributed by atoms with E-state index in [-0.39, 0.29) is 23.4 Å². The van der Waals surface area contributed by atoms with E-state index >= 15 is 0 Å². The van der Waals surface area contributed by atoms with Crippen LogP contribution >= 0.6 is 0 Å². The van der Waals surface area contributed by atoms with E-state index in [9.17, 15) is 9.59 Å². The first-order valence-corrected chi connectivity index (χ1v) is 8.82. The van der Waals surface area contributed by atoms with Gasteiger partial charge < -0.3 is 18.9 Å². The third-order valence-electron chi connectivity index (χ3n) is 5.29. The minimum atomic E-state index is -0.109. The minimum absolute atomic E-state index is 0.00590. The SMILES string of the molecule is COc1ccc([C@H]2CC(=O)N(c3c(C)ccn(C4COC4)c3=O)C2)cc1. The molecule has 6 heteroatoms. The molecule has 3 heterocycles. The smallest absolute Gasteiger partial charge is 0.275 e. The van der Waals surface area contributed by atoms with Crippen LogP contribution in [0.5, 0.6) is 5.75 Å². The molecule has 136 valence electrons. The van der Waals surface area contributed by atoms with E-state index in [1.807, 2.05) is 37.3 Å². The molecule has 1 aromatic heterocycles. The summed E-state index contributed by atoms with van der Waals surface area (Å²) in [6, 6.07) is 9.75. The van der Waals surface area contributed by atoms with Gasteiger partial charge in [0.05, 0.1) is 26.4 Å². The fourth-order valence-electron chi connectivity index (χ4n) is 3.65. The predicted octanol–water partition coefficient (Wildman–Crippen LogP) is 2.26. The van der Waals surface area contributed by atoms with E-state index in [0.29, 0.717) is 31.9 Å². The van der Waals surface area contributed by atoms with Crippen molar-refractivity contribution in [1.29, 1.82) is 0 Å². The Hall–Kier alpha value is -2.60. The first-order chi connectivity index (χ1) is 12.6. The second-order valence-electron chi connectivity index (χ2n) is 6.93. The van der Waals surface area contributed by atoms with Gasteiger partial charge in [-0.25, -0.2) is 0 Å². The zero-order valence-electron chi connectivity index (χ0n) is 15.0. The molecule has 0 saturated carbocycles. The Balaban J connectivity index is 1.64. The average Bonchev–Trinajstić information content (AvgIpc) is 2.97. The first-order valence-electron chi connectivity index (χ1n) is 8.82. The van der Waals surface area contributed by atoms with Crippen molar-refractivity contribution in [2.24, 2.45) is 0 Å². The molecule has 2 fully saturated rings. The number of aryl methyl sites for hydroxylation is 1. The molecule has 26 heavy (non-hydrogen) atoms. The highest BCUT2D eigenvalue weighted by molar-refractivity contribution is 5.97. The van der Waals surface area contributed by atoms with Gasteiger partial charge in [0.1, 0.15) is 11.4 Å². The van der Waals surface area contributed by atoms with E-state index in [1.165, 1.54) is 0 Å². The van der Waals surface area contributed by atoms with Gasteiger partial charge in [0.15, 0.2) is 0 Å². The van der Waals surface area contributed by atoms with E-state index < -0.39 is 0 Å². The van der Waals surface area contributed by atoms with Crippen molar-refractivity contribution >= 4 is 11.6 Å². The molecule has 6 nitrogen and oxygen atoms in total. The van der Waals surface area contributed by atoms with Gasteiger partial charge in [-0.1, -0.05) is 12.1 Å². The summed E-state index contributed by atoms with van der Waals surface area (Å²) in [5.41, 5.74) is 2.31. The maximum absolute atomic E-state index is 13.0. The van der Waals surface area contributed by atoms with Gasteiger partial charge in [0.2, 0.25) is 5.91 Å². The van der Waals surface area contributed by atoms with E-state index in [0.717, 1.165) is 16.9 Å². The fourth-order valence-corrected chi connectivity index (χ4v) is 3.65. The zero-order valence-corrected chi connectivity index (χ0v) is 15.0. The maximum Gasteiger partial charge on any atom is 0.275 e. The molecule has 2 aliphatic rings. The quantitative estimate of drug-likeness (QED) is 0.845. The summed E-state index contributed by atoms with van der Waals surface area (Å²) >= 11 is 0. The van der Waals surface area contributed by atoms with Crippen molar-refractivity contribution in [3.63, 3.8) is 0 Å². The Labute approximate surface area is 152 Å². The summed E-state index contributed by atoms with van der Waals surface area (Å²) < 4.78 is 12.1. The van der Waals surface area contributed by atoms with Crippen LogP contribution in [-0.4, -0.2) is 37.3 Å². The number of nitrogens with zero attached hydrogens (tertiary/aromatic N) is 2. The summed E-state index contributed by atoms with van der Waals surface area (Å²) in [6.45, 7) is 3.49. The third-order valence-corrected chi connectivity index (χ3v) is 5.29. The van der Waals surface area contributed by atoms with Crippen LogP contribution in [0.3, 0.4) is 0 Å². The lowest BCUT2D eigenvalue weighted by Crippen LogP contribution is -2.40. The van der Waals surface area contributed by atoms with Crippen LogP contribution in [0.4, 0.5) is 5.69 Å². The van der Waals surface area contributed by atoms with Crippen LogP contribution < -0.4 is 15.2 Å². The Bertz CT molecular complexity index is 884. The molecule has 0 aliphatic carbocycles. The second kappa shape index (κ2) is 6.61. The van der Waals surface area contributed by atoms with Crippen molar-refractivity contribution in [3.8, 4) is 5.75 Å². The number of pyridine rings is 1. The fraction of sp³-hybridized carbons (Fsp3) is 0.400. The number of anilines is 1. The van der Waals surface area contributed by atoms with Gasteiger partial charge in [0, 0.05) is 25.1 Å². The molecule has 1 atom stereocenters. The lowest BCUT2D eigenvalue weighted by Gasteiger charge is -2.29. The Morgan fingerprint density at radius 2 is 1.85 bits per heavy atom. The number of carbonyl (C=O) groups excluding carboxylic acids is 1. The monoisotopic (exact) mass is 354 g/mol. The number of hydrogen-bond acceptors (Lipinski definition) is 4. The summed E-state index contributed by atoms with van der Waals surface area (Å²) in [7, 11) is 1.63. The van der Waals surface area contributed by atoms with Crippen molar-refractivity contribution in [2.45, 2.75) is 25.3 Å². The number of aromatic nitrogens is 1. The third kappa shape index (κ3) is 2.80. The number of methoxy groups -OCH3 is 1. The van der Waals surface area contributed by atoms with Gasteiger partial charge in [0.25, 0.3) is 5.56 Å².